The first kappa shape index (κ1) is 15.7. The molecule has 3 aromatic rings. The Morgan fingerprint density at radius 3 is 2.67 bits per heavy atom. The molecule has 7 nitrogen and oxygen atoms in total. The fourth-order valence-corrected chi connectivity index (χ4v) is 2.33. The highest BCUT2D eigenvalue weighted by molar-refractivity contribution is 5.93. The summed E-state index contributed by atoms with van der Waals surface area (Å²) in [5, 5.41) is 12.8. The number of rotatable bonds is 5. The van der Waals surface area contributed by atoms with Crippen LogP contribution in [0.1, 0.15) is 15.9 Å². The van der Waals surface area contributed by atoms with Gasteiger partial charge < -0.3 is 10.1 Å². The average Bonchev–Trinajstić information content (AvgIpc) is 2.65. The molecule has 0 saturated heterocycles. The maximum Gasteiger partial charge on any atom is 0.274 e. The number of nitrogens with zero attached hydrogens (tertiary/aromatic N) is 2. The lowest BCUT2D eigenvalue weighted by Gasteiger charge is -2.09. The number of hydrogen-bond donors (Lipinski definition) is 3. The second kappa shape index (κ2) is 6.93. The number of hydroxylamine groups is 1. The van der Waals surface area contributed by atoms with Crippen molar-refractivity contribution in [2.45, 2.75) is 6.54 Å². The number of amides is 1. The monoisotopic (exact) mass is 324 g/mol. The van der Waals surface area contributed by atoms with Crippen LogP contribution < -0.4 is 15.5 Å². The molecule has 0 atom stereocenters. The van der Waals surface area contributed by atoms with E-state index in [2.05, 4.69) is 15.3 Å². The first-order valence-corrected chi connectivity index (χ1v) is 7.27. The molecule has 1 heterocycles. The van der Waals surface area contributed by atoms with E-state index in [1.54, 1.807) is 24.7 Å². The van der Waals surface area contributed by atoms with Crippen molar-refractivity contribution in [3.8, 4) is 5.75 Å². The van der Waals surface area contributed by atoms with Crippen LogP contribution in [0, 0.1) is 0 Å². The molecule has 24 heavy (non-hydrogen) atoms. The molecule has 0 radical (unpaired) electrons. The number of carbonyl (C=O) groups is 1. The smallest absolute Gasteiger partial charge is 0.274 e. The molecule has 2 aromatic carbocycles. The van der Waals surface area contributed by atoms with E-state index in [0.717, 1.165) is 28.0 Å². The third-order valence-electron chi connectivity index (χ3n) is 3.62. The quantitative estimate of drug-likeness (QED) is 0.492. The van der Waals surface area contributed by atoms with Crippen LogP contribution >= 0.6 is 0 Å². The van der Waals surface area contributed by atoms with E-state index in [1.807, 2.05) is 30.3 Å². The van der Waals surface area contributed by atoms with Gasteiger partial charge in [0, 0.05) is 23.6 Å². The minimum absolute atomic E-state index is 0.390. The van der Waals surface area contributed by atoms with Crippen LogP contribution in [0.25, 0.3) is 10.9 Å². The van der Waals surface area contributed by atoms with Gasteiger partial charge in [0.2, 0.25) is 0 Å². The zero-order chi connectivity index (χ0) is 16.9. The van der Waals surface area contributed by atoms with E-state index in [9.17, 15) is 4.79 Å². The van der Waals surface area contributed by atoms with Crippen molar-refractivity contribution < 1.29 is 14.7 Å². The van der Waals surface area contributed by atoms with Crippen LogP contribution in [0.15, 0.2) is 48.8 Å². The highest BCUT2D eigenvalue weighted by Crippen LogP contribution is 2.24. The molecule has 0 saturated carbocycles. The molecule has 0 aliphatic rings. The molecule has 3 rings (SSSR count). The molecule has 1 amide bonds. The fraction of sp³-hybridized carbons (Fsp3) is 0.118. The van der Waals surface area contributed by atoms with Gasteiger partial charge in [0.15, 0.2) is 0 Å². The molecule has 122 valence electrons. The van der Waals surface area contributed by atoms with E-state index in [1.165, 1.54) is 6.33 Å². The lowest BCUT2D eigenvalue weighted by Crippen LogP contribution is -2.18. The summed E-state index contributed by atoms with van der Waals surface area (Å²) in [6.07, 6.45) is 1.50. The number of aromatic nitrogens is 2. The van der Waals surface area contributed by atoms with Crippen molar-refractivity contribution in [3.63, 3.8) is 0 Å². The van der Waals surface area contributed by atoms with Crippen LogP contribution in [0.2, 0.25) is 0 Å². The summed E-state index contributed by atoms with van der Waals surface area (Å²) in [4.78, 5) is 19.8. The van der Waals surface area contributed by atoms with Crippen molar-refractivity contribution in [3.05, 3.63) is 59.9 Å². The molecular formula is C17H16N4O3. The molecule has 0 aliphatic heterocycles. The second-order valence-electron chi connectivity index (χ2n) is 5.10. The van der Waals surface area contributed by atoms with Gasteiger partial charge in [0.1, 0.15) is 17.9 Å². The van der Waals surface area contributed by atoms with Crippen molar-refractivity contribution in [1.29, 1.82) is 0 Å². The van der Waals surface area contributed by atoms with Gasteiger partial charge in [-0.1, -0.05) is 12.1 Å². The number of carbonyl (C=O) groups excluding carboxylic acids is 1. The maximum absolute atomic E-state index is 11.3. The van der Waals surface area contributed by atoms with Crippen molar-refractivity contribution in [1.82, 2.24) is 15.4 Å². The van der Waals surface area contributed by atoms with Gasteiger partial charge in [0.25, 0.3) is 5.91 Å². The highest BCUT2D eigenvalue weighted by Gasteiger charge is 2.06. The van der Waals surface area contributed by atoms with Gasteiger partial charge in [0.05, 0.1) is 12.6 Å². The fourth-order valence-electron chi connectivity index (χ4n) is 2.33. The summed E-state index contributed by atoms with van der Waals surface area (Å²) in [7, 11) is 1.61. The van der Waals surface area contributed by atoms with Crippen molar-refractivity contribution in [2.75, 3.05) is 12.4 Å². The Hall–Kier alpha value is -3.19. The van der Waals surface area contributed by atoms with Crippen molar-refractivity contribution >= 4 is 22.6 Å². The molecule has 0 bridgehead atoms. The standard InChI is InChI=1S/C17H16N4O3/c1-24-13-6-7-14-15(8-13)19-10-20-16(14)18-9-11-2-4-12(5-3-11)17(22)21-23/h2-8,10,23H,9H2,1H3,(H,21,22)(H,18,19,20). The van der Waals surface area contributed by atoms with Crippen LogP contribution in [0.4, 0.5) is 5.82 Å². The first-order chi connectivity index (χ1) is 11.7. The second-order valence-corrected chi connectivity index (χ2v) is 5.10. The Morgan fingerprint density at radius 2 is 1.96 bits per heavy atom. The summed E-state index contributed by atoms with van der Waals surface area (Å²) in [5.74, 6) is 0.926. The van der Waals surface area contributed by atoms with Crippen LogP contribution in [-0.2, 0) is 6.54 Å². The predicted octanol–water partition coefficient (Wildman–Crippen LogP) is 2.37. The minimum atomic E-state index is -0.537. The van der Waals surface area contributed by atoms with Crippen LogP contribution in [-0.4, -0.2) is 28.2 Å². The number of anilines is 1. The summed E-state index contributed by atoms with van der Waals surface area (Å²) in [6.45, 7) is 0.541. The molecule has 0 aliphatic carbocycles. The Balaban J connectivity index is 1.77. The number of benzene rings is 2. The van der Waals surface area contributed by atoms with E-state index < -0.39 is 5.91 Å². The topological polar surface area (TPSA) is 96.4 Å². The molecule has 7 heteroatoms. The minimum Gasteiger partial charge on any atom is -0.497 e. The van der Waals surface area contributed by atoms with Crippen molar-refractivity contribution in [2.24, 2.45) is 0 Å². The largest absolute Gasteiger partial charge is 0.497 e. The van der Waals surface area contributed by atoms with Gasteiger partial charge >= 0.3 is 0 Å². The maximum atomic E-state index is 11.3. The lowest BCUT2D eigenvalue weighted by molar-refractivity contribution is 0.0706. The van der Waals surface area contributed by atoms with Gasteiger partial charge in [-0.2, -0.15) is 0 Å². The SMILES string of the molecule is COc1ccc2c(NCc3ccc(C(=O)NO)cc3)ncnc2c1. The number of methoxy groups -OCH3 is 1. The number of fused-ring (bicyclic) bond motifs is 1. The molecule has 0 unspecified atom stereocenters. The third-order valence-corrected chi connectivity index (χ3v) is 3.62. The zero-order valence-corrected chi connectivity index (χ0v) is 13.0. The summed E-state index contributed by atoms with van der Waals surface area (Å²) in [5.41, 5.74) is 3.77. The van der Waals surface area contributed by atoms with E-state index >= 15 is 0 Å². The average molecular weight is 324 g/mol. The van der Waals surface area contributed by atoms with Crippen LogP contribution in [0.5, 0.6) is 5.75 Å². The zero-order valence-electron chi connectivity index (χ0n) is 13.0. The molecule has 0 fully saturated rings. The van der Waals surface area contributed by atoms with Gasteiger partial charge in [-0.25, -0.2) is 15.4 Å². The molecule has 1 aromatic heterocycles. The van der Waals surface area contributed by atoms with E-state index in [4.69, 9.17) is 9.94 Å². The highest BCUT2D eigenvalue weighted by atomic mass is 16.5. The summed E-state index contributed by atoms with van der Waals surface area (Å²) in [6, 6.07) is 12.5. The first-order valence-electron chi connectivity index (χ1n) is 7.27. The predicted molar refractivity (Wildman–Crippen MR) is 89.1 cm³/mol. The lowest BCUT2D eigenvalue weighted by atomic mass is 10.1. The summed E-state index contributed by atoms with van der Waals surface area (Å²) < 4.78 is 5.20. The number of ether oxygens (including phenoxy) is 1. The summed E-state index contributed by atoms with van der Waals surface area (Å²) >= 11 is 0. The van der Waals surface area contributed by atoms with E-state index in [0.29, 0.717) is 12.1 Å². The number of hydrogen-bond acceptors (Lipinski definition) is 6. The van der Waals surface area contributed by atoms with E-state index in [-0.39, 0.29) is 0 Å². The van der Waals surface area contributed by atoms with Crippen LogP contribution in [0.3, 0.4) is 0 Å². The normalized spacial score (nSPS) is 10.4. The van der Waals surface area contributed by atoms with Gasteiger partial charge in [-0.05, 0) is 29.8 Å². The molecular weight excluding hydrogens is 308 g/mol. The van der Waals surface area contributed by atoms with Gasteiger partial charge in [-0.3, -0.25) is 10.0 Å². The molecule has 0 spiro atoms. The Morgan fingerprint density at radius 1 is 1.17 bits per heavy atom. The van der Waals surface area contributed by atoms with Gasteiger partial charge in [-0.15, -0.1) is 0 Å². The Bertz CT molecular complexity index is 865. The Kier molecular flexibility index (Phi) is 4.53. The number of nitrogens with one attached hydrogen (secondary N) is 2. The Labute approximate surface area is 138 Å². The molecule has 3 N–H and O–H groups in total. The third kappa shape index (κ3) is 3.26.